The summed E-state index contributed by atoms with van der Waals surface area (Å²) in [6, 6.07) is 1.45. The molecule has 2 N–H and O–H groups in total. The van der Waals surface area contributed by atoms with Gasteiger partial charge >= 0.3 is 0 Å². The predicted molar refractivity (Wildman–Crippen MR) is 79.3 cm³/mol. The third-order valence-electron chi connectivity index (χ3n) is 4.14. The molecule has 0 aliphatic heterocycles. The van der Waals surface area contributed by atoms with Crippen LogP contribution in [0.15, 0.2) is 12.3 Å². The van der Waals surface area contributed by atoms with Crippen molar-refractivity contribution < 1.29 is 9.72 Å². The van der Waals surface area contributed by atoms with Gasteiger partial charge in [0, 0.05) is 19.2 Å². The number of carbonyl (C=O) groups is 1. The Kier molecular flexibility index (Phi) is 4.11. The molecule has 1 saturated carbocycles. The Morgan fingerprint density at radius 3 is 2.76 bits per heavy atom. The lowest BCUT2D eigenvalue weighted by Crippen LogP contribution is -2.41. The molecule has 1 aromatic heterocycles. The van der Waals surface area contributed by atoms with Crippen LogP contribution in [0.5, 0.6) is 0 Å². The number of aromatic nitrogens is 1. The first kappa shape index (κ1) is 15.2. The van der Waals surface area contributed by atoms with E-state index in [0.717, 1.165) is 25.5 Å². The molecule has 114 valence electrons. The molecule has 0 radical (unpaired) electrons. The Morgan fingerprint density at radius 2 is 2.24 bits per heavy atom. The van der Waals surface area contributed by atoms with Crippen LogP contribution in [0.4, 0.5) is 11.5 Å². The maximum atomic E-state index is 12.4. The molecule has 0 spiro atoms. The predicted octanol–water partition coefficient (Wildman–Crippen LogP) is 2.34. The van der Waals surface area contributed by atoms with Crippen molar-refractivity contribution in [1.82, 2.24) is 10.3 Å². The fraction of sp³-hybridized carbons (Fsp3) is 0.571. The van der Waals surface area contributed by atoms with Crippen LogP contribution in [-0.2, 0) is 0 Å². The average molecular weight is 292 g/mol. The van der Waals surface area contributed by atoms with Crippen molar-refractivity contribution in [3.63, 3.8) is 0 Å². The highest BCUT2D eigenvalue weighted by Crippen LogP contribution is 2.37. The van der Waals surface area contributed by atoms with Gasteiger partial charge in [-0.05, 0) is 18.3 Å². The van der Waals surface area contributed by atoms with Crippen LogP contribution in [0.3, 0.4) is 0 Å². The molecule has 1 amide bonds. The van der Waals surface area contributed by atoms with Crippen molar-refractivity contribution in [1.29, 1.82) is 0 Å². The molecule has 7 nitrogen and oxygen atoms in total. The van der Waals surface area contributed by atoms with E-state index < -0.39 is 10.8 Å². The largest absolute Gasteiger partial charge is 0.373 e. The van der Waals surface area contributed by atoms with Gasteiger partial charge in [0.05, 0.1) is 4.92 Å². The molecule has 2 rings (SSSR count). The summed E-state index contributed by atoms with van der Waals surface area (Å²) in [5, 5.41) is 16.8. The zero-order valence-electron chi connectivity index (χ0n) is 12.5. The molecule has 7 heteroatoms. The summed E-state index contributed by atoms with van der Waals surface area (Å²) < 4.78 is 0. The Morgan fingerprint density at radius 1 is 1.52 bits per heavy atom. The molecule has 1 aromatic rings. The first-order valence-electron chi connectivity index (χ1n) is 6.98. The lowest BCUT2D eigenvalue weighted by atomic mass is 9.87. The Bertz CT molecular complexity index is 571. The molecular weight excluding hydrogens is 272 g/mol. The third-order valence-corrected chi connectivity index (χ3v) is 4.14. The number of nitro groups is 1. The van der Waals surface area contributed by atoms with Crippen LogP contribution in [0.25, 0.3) is 0 Å². The first-order chi connectivity index (χ1) is 9.85. The molecular formula is C14H20N4O3. The van der Waals surface area contributed by atoms with Gasteiger partial charge in [0.2, 0.25) is 0 Å². The Balaban J connectivity index is 2.27. The van der Waals surface area contributed by atoms with E-state index in [1.54, 1.807) is 7.05 Å². The summed E-state index contributed by atoms with van der Waals surface area (Å²) >= 11 is 0. The van der Waals surface area contributed by atoms with Crippen LogP contribution in [0.2, 0.25) is 0 Å². The summed E-state index contributed by atoms with van der Waals surface area (Å²) in [5.74, 6) is 0.0111. The second-order valence-electron chi connectivity index (χ2n) is 6.00. The van der Waals surface area contributed by atoms with E-state index in [1.165, 1.54) is 6.07 Å². The maximum absolute atomic E-state index is 12.4. The third kappa shape index (κ3) is 3.12. The fourth-order valence-electron chi connectivity index (χ4n) is 2.74. The minimum Gasteiger partial charge on any atom is -0.373 e. The highest BCUT2D eigenvalue weighted by molar-refractivity contribution is 5.98. The molecule has 1 unspecified atom stereocenters. The fourth-order valence-corrected chi connectivity index (χ4v) is 2.74. The minimum absolute atomic E-state index is 0.0172. The van der Waals surface area contributed by atoms with Crippen molar-refractivity contribution in [2.45, 2.75) is 39.2 Å². The number of pyridine rings is 1. The van der Waals surface area contributed by atoms with E-state index in [-0.39, 0.29) is 22.7 Å². The van der Waals surface area contributed by atoms with Gasteiger partial charge in [0.25, 0.3) is 11.6 Å². The van der Waals surface area contributed by atoms with Crippen LogP contribution in [0.1, 0.15) is 43.5 Å². The SMILES string of the molecule is CNc1cc(C(=O)NC2CCCC2(C)C)c([N+](=O)[O-])cn1. The number of hydrogen-bond donors (Lipinski definition) is 2. The van der Waals surface area contributed by atoms with Crippen LogP contribution < -0.4 is 10.6 Å². The van der Waals surface area contributed by atoms with Gasteiger partial charge in [-0.15, -0.1) is 0 Å². The number of hydrogen-bond acceptors (Lipinski definition) is 5. The average Bonchev–Trinajstić information content (AvgIpc) is 2.77. The zero-order valence-corrected chi connectivity index (χ0v) is 12.5. The number of nitrogens with one attached hydrogen (secondary N) is 2. The molecule has 1 heterocycles. The zero-order chi connectivity index (χ0) is 15.6. The highest BCUT2D eigenvalue weighted by Gasteiger charge is 2.36. The van der Waals surface area contributed by atoms with E-state index in [4.69, 9.17) is 0 Å². The first-order valence-corrected chi connectivity index (χ1v) is 6.98. The quantitative estimate of drug-likeness (QED) is 0.655. The lowest BCUT2D eigenvalue weighted by molar-refractivity contribution is -0.385. The van der Waals surface area contributed by atoms with Gasteiger partial charge in [-0.1, -0.05) is 20.3 Å². The lowest BCUT2D eigenvalue weighted by Gasteiger charge is -2.27. The molecule has 0 saturated heterocycles. The molecule has 0 aromatic carbocycles. The monoisotopic (exact) mass is 292 g/mol. The summed E-state index contributed by atoms with van der Waals surface area (Å²) in [5.41, 5.74) is -0.215. The van der Waals surface area contributed by atoms with Crippen LogP contribution in [0, 0.1) is 15.5 Å². The molecule has 1 atom stereocenters. The van der Waals surface area contributed by atoms with Gasteiger partial charge in [0.1, 0.15) is 17.6 Å². The van der Waals surface area contributed by atoms with E-state index in [2.05, 4.69) is 29.5 Å². The molecule has 1 aliphatic rings. The molecule has 21 heavy (non-hydrogen) atoms. The van der Waals surface area contributed by atoms with Gasteiger partial charge in [-0.3, -0.25) is 14.9 Å². The van der Waals surface area contributed by atoms with Crippen LogP contribution in [-0.4, -0.2) is 28.9 Å². The van der Waals surface area contributed by atoms with Gasteiger partial charge in [-0.2, -0.15) is 0 Å². The Labute approximate surface area is 123 Å². The van der Waals surface area contributed by atoms with Crippen molar-refractivity contribution in [3.05, 3.63) is 27.9 Å². The van der Waals surface area contributed by atoms with Crippen molar-refractivity contribution >= 4 is 17.4 Å². The van der Waals surface area contributed by atoms with Crippen molar-refractivity contribution in [2.75, 3.05) is 12.4 Å². The molecule has 1 aliphatic carbocycles. The maximum Gasteiger partial charge on any atom is 0.300 e. The summed E-state index contributed by atoms with van der Waals surface area (Å²) in [6.07, 6.45) is 4.10. The summed E-state index contributed by atoms with van der Waals surface area (Å²) in [4.78, 5) is 26.8. The number of nitrogens with zero attached hydrogens (tertiary/aromatic N) is 2. The van der Waals surface area contributed by atoms with Gasteiger partial charge in [-0.25, -0.2) is 4.98 Å². The Hall–Kier alpha value is -2.18. The van der Waals surface area contributed by atoms with E-state index >= 15 is 0 Å². The second kappa shape index (κ2) is 5.67. The molecule has 1 fully saturated rings. The highest BCUT2D eigenvalue weighted by atomic mass is 16.6. The normalized spacial score (nSPS) is 20.0. The number of rotatable bonds is 4. The van der Waals surface area contributed by atoms with Crippen molar-refractivity contribution in [2.24, 2.45) is 5.41 Å². The van der Waals surface area contributed by atoms with Crippen LogP contribution >= 0.6 is 0 Å². The number of amides is 1. The van der Waals surface area contributed by atoms with Gasteiger partial charge < -0.3 is 10.6 Å². The second-order valence-corrected chi connectivity index (χ2v) is 6.00. The summed E-state index contributed by atoms with van der Waals surface area (Å²) in [7, 11) is 1.65. The van der Waals surface area contributed by atoms with E-state index in [0.29, 0.717) is 5.82 Å². The minimum atomic E-state index is -0.582. The number of carbonyl (C=O) groups excluding carboxylic acids is 1. The standard InChI is InChI=1S/C14H20N4O3/c1-14(2)6-4-5-11(14)17-13(19)9-7-12(15-3)16-8-10(9)18(20)21/h7-8,11H,4-6H2,1-3H3,(H,15,16)(H,17,19). The number of anilines is 1. The van der Waals surface area contributed by atoms with Gasteiger partial charge in [0.15, 0.2) is 0 Å². The van der Waals surface area contributed by atoms with E-state index in [9.17, 15) is 14.9 Å². The van der Waals surface area contributed by atoms with E-state index in [1.807, 2.05) is 0 Å². The summed E-state index contributed by atoms with van der Waals surface area (Å²) in [6.45, 7) is 4.20. The van der Waals surface area contributed by atoms with Crippen molar-refractivity contribution in [3.8, 4) is 0 Å². The molecule has 0 bridgehead atoms. The smallest absolute Gasteiger partial charge is 0.300 e. The topological polar surface area (TPSA) is 97.2 Å².